The Morgan fingerprint density at radius 1 is 1.40 bits per heavy atom. The summed E-state index contributed by atoms with van der Waals surface area (Å²) in [7, 11) is 5.04. The molecule has 1 saturated heterocycles. The maximum atomic E-state index is 12.7. The second-order valence-corrected chi connectivity index (χ2v) is 6.42. The fourth-order valence-electron chi connectivity index (χ4n) is 3.46. The topological polar surface area (TPSA) is 84.2 Å². The number of benzene rings is 1. The maximum Gasteiger partial charge on any atom is 0.287 e. The van der Waals surface area contributed by atoms with Gasteiger partial charge in [-0.25, -0.2) is 0 Å². The third kappa shape index (κ3) is 3.05. The van der Waals surface area contributed by atoms with Crippen molar-refractivity contribution in [2.24, 2.45) is 0 Å². The maximum absolute atomic E-state index is 12.7. The van der Waals surface area contributed by atoms with E-state index in [1.807, 2.05) is 24.9 Å². The minimum atomic E-state index is -0.258. The lowest BCUT2D eigenvalue weighted by Crippen LogP contribution is -2.36. The van der Waals surface area contributed by atoms with Crippen molar-refractivity contribution >= 4 is 16.9 Å². The number of furan rings is 1. The van der Waals surface area contributed by atoms with Crippen LogP contribution in [-0.2, 0) is 0 Å². The Balaban J connectivity index is 1.88. The summed E-state index contributed by atoms with van der Waals surface area (Å²) in [6.07, 6.45) is 0.717. The minimum absolute atomic E-state index is 0.0151. The Kier molecular flexibility index (Phi) is 4.87. The molecule has 1 fully saturated rings. The fourth-order valence-corrected chi connectivity index (χ4v) is 3.46. The van der Waals surface area contributed by atoms with Crippen LogP contribution in [0.25, 0.3) is 11.0 Å². The van der Waals surface area contributed by atoms with Crippen LogP contribution in [0.2, 0.25) is 0 Å². The predicted octanol–water partition coefficient (Wildman–Crippen LogP) is 1.55. The first-order chi connectivity index (χ1) is 12.0. The highest BCUT2D eigenvalue weighted by atomic mass is 16.5. The molecule has 7 heteroatoms. The summed E-state index contributed by atoms with van der Waals surface area (Å²) in [5.74, 6) is 1.05. The van der Waals surface area contributed by atoms with Crippen molar-refractivity contribution in [3.63, 3.8) is 0 Å². The number of fused-ring (bicyclic) bond motifs is 1. The number of carbonyl (C=O) groups excluding carboxylic acids is 1. The van der Waals surface area contributed by atoms with Gasteiger partial charge in [-0.2, -0.15) is 0 Å². The lowest BCUT2D eigenvalue weighted by molar-refractivity contribution is 0.0911. The van der Waals surface area contributed by atoms with Crippen LogP contribution in [0.5, 0.6) is 11.5 Å². The monoisotopic (exact) mass is 348 g/mol. The molecule has 0 unspecified atom stereocenters. The molecule has 2 N–H and O–H groups in total. The second-order valence-electron chi connectivity index (χ2n) is 6.42. The normalized spacial score (nSPS) is 20.8. The Morgan fingerprint density at radius 3 is 2.76 bits per heavy atom. The number of carbonyl (C=O) groups is 1. The zero-order chi connectivity index (χ0) is 18.1. The van der Waals surface area contributed by atoms with E-state index in [1.54, 1.807) is 13.2 Å². The average molecular weight is 348 g/mol. The van der Waals surface area contributed by atoms with Gasteiger partial charge < -0.3 is 24.3 Å². The number of nitrogens with one attached hydrogen (secondary N) is 1. The number of amides is 1. The molecule has 7 nitrogen and oxygen atoms in total. The number of hydrogen-bond donors (Lipinski definition) is 2. The molecule has 1 aromatic heterocycles. The van der Waals surface area contributed by atoms with Crippen LogP contribution in [0.3, 0.4) is 0 Å². The Bertz CT molecular complexity index is 785. The van der Waals surface area contributed by atoms with Gasteiger partial charge in [0.05, 0.1) is 20.8 Å². The summed E-state index contributed by atoms with van der Waals surface area (Å²) in [6.45, 7) is 2.64. The Labute approximate surface area is 146 Å². The first kappa shape index (κ1) is 17.6. The van der Waals surface area contributed by atoms with E-state index in [2.05, 4.69) is 5.32 Å². The third-order valence-electron chi connectivity index (χ3n) is 4.89. The third-order valence-corrected chi connectivity index (χ3v) is 4.89. The summed E-state index contributed by atoms with van der Waals surface area (Å²) < 4.78 is 16.5. The van der Waals surface area contributed by atoms with Crippen molar-refractivity contribution in [1.29, 1.82) is 0 Å². The molecule has 2 aromatic rings. The molecule has 0 radical (unpaired) electrons. The predicted molar refractivity (Wildman–Crippen MR) is 93.4 cm³/mol. The summed E-state index contributed by atoms with van der Waals surface area (Å²) in [6, 6.07) is 3.71. The number of aryl methyl sites for hydroxylation is 1. The number of nitrogens with zero attached hydrogens (tertiary/aromatic N) is 1. The van der Waals surface area contributed by atoms with Crippen LogP contribution in [0.1, 0.15) is 22.5 Å². The van der Waals surface area contributed by atoms with E-state index in [4.69, 9.17) is 13.9 Å². The largest absolute Gasteiger partial charge is 0.493 e. The number of aliphatic hydroxyl groups is 1. The first-order valence-corrected chi connectivity index (χ1v) is 8.26. The molecular formula is C18H24N2O5. The second kappa shape index (κ2) is 6.93. The van der Waals surface area contributed by atoms with Gasteiger partial charge in [0.15, 0.2) is 17.1 Å². The summed E-state index contributed by atoms with van der Waals surface area (Å²) in [5.41, 5.74) is 1.26. The van der Waals surface area contributed by atoms with Crippen LogP contribution in [0.4, 0.5) is 0 Å². The zero-order valence-electron chi connectivity index (χ0n) is 15.0. The smallest absolute Gasteiger partial charge is 0.287 e. The van der Waals surface area contributed by atoms with E-state index in [0.717, 1.165) is 17.4 Å². The van der Waals surface area contributed by atoms with Gasteiger partial charge in [-0.1, -0.05) is 0 Å². The lowest BCUT2D eigenvalue weighted by atomic mass is 10.1. The van der Waals surface area contributed by atoms with Crippen molar-refractivity contribution in [3.8, 4) is 11.5 Å². The molecule has 0 aliphatic carbocycles. The van der Waals surface area contributed by atoms with Gasteiger partial charge in [0.2, 0.25) is 5.75 Å². The van der Waals surface area contributed by atoms with E-state index >= 15 is 0 Å². The molecule has 1 aromatic carbocycles. The van der Waals surface area contributed by atoms with Crippen molar-refractivity contribution in [1.82, 2.24) is 10.2 Å². The highest BCUT2D eigenvalue weighted by Gasteiger charge is 2.31. The van der Waals surface area contributed by atoms with E-state index in [0.29, 0.717) is 23.6 Å². The van der Waals surface area contributed by atoms with Crippen LogP contribution < -0.4 is 14.8 Å². The molecule has 3 rings (SSSR count). The van der Waals surface area contributed by atoms with Gasteiger partial charge in [0.25, 0.3) is 5.91 Å². The van der Waals surface area contributed by atoms with Gasteiger partial charge in [-0.3, -0.25) is 9.69 Å². The van der Waals surface area contributed by atoms with E-state index < -0.39 is 0 Å². The highest BCUT2D eigenvalue weighted by Crippen LogP contribution is 2.39. The Morgan fingerprint density at radius 2 is 2.16 bits per heavy atom. The summed E-state index contributed by atoms with van der Waals surface area (Å²) in [5, 5.41) is 13.2. The number of rotatable bonds is 5. The molecule has 25 heavy (non-hydrogen) atoms. The average Bonchev–Trinajstić information content (AvgIpc) is 3.13. The molecule has 0 saturated carbocycles. The van der Waals surface area contributed by atoms with Gasteiger partial charge >= 0.3 is 0 Å². The lowest BCUT2D eigenvalue weighted by Gasteiger charge is -2.15. The molecule has 1 aliphatic rings. The van der Waals surface area contributed by atoms with Crippen LogP contribution >= 0.6 is 0 Å². The van der Waals surface area contributed by atoms with Crippen molar-refractivity contribution in [2.45, 2.75) is 25.4 Å². The number of likely N-dealkylation sites (N-methyl/N-ethyl adjacent to an activating group) is 1. The molecule has 2 heterocycles. The van der Waals surface area contributed by atoms with Gasteiger partial charge in [0, 0.05) is 29.6 Å². The standard InChI is InChI=1S/C18H24N2O5/c1-10-13-5-6-14(23-3)17(24-4)16(13)25-15(10)18(22)19-11-7-12(9-21)20(2)8-11/h5-6,11-12,21H,7-9H2,1-4H3,(H,19,22)/t11-,12+/m1/s1. The van der Waals surface area contributed by atoms with Crippen molar-refractivity contribution < 1.29 is 23.8 Å². The Hall–Kier alpha value is -2.25. The number of methoxy groups -OCH3 is 2. The molecule has 0 bridgehead atoms. The van der Waals surface area contributed by atoms with Crippen molar-refractivity contribution in [2.75, 3.05) is 34.4 Å². The molecule has 1 amide bonds. The fraction of sp³-hybridized carbons (Fsp3) is 0.500. The van der Waals surface area contributed by atoms with Gasteiger partial charge in [-0.15, -0.1) is 0 Å². The molecule has 0 spiro atoms. The molecule has 1 aliphatic heterocycles. The number of aliphatic hydroxyl groups excluding tert-OH is 1. The first-order valence-electron chi connectivity index (χ1n) is 8.26. The van der Waals surface area contributed by atoms with E-state index in [1.165, 1.54) is 7.11 Å². The quantitative estimate of drug-likeness (QED) is 0.853. The van der Waals surface area contributed by atoms with Crippen LogP contribution in [0.15, 0.2) is 16.5 Å². The van der Waals surface area contributed by atoms with E-state index in [-0.39, 0.29) is 30.4 Å². The summed E-state index contributed by atoms with van der Waals surface area (Å²) >= 11 is 0. The summed E-state index contributed by atoms with van der Waals surface area (Å²) in [4.78, 5) is 14.7. The molecule has 136 valence electrons. The highest BCUT2D eigenvalue weighted by molar-refractivity contribution is 6.01. The SMILES string of the molecule is COc1ccc2c(C)c(C(=O)N[C@@H]3C[C@@H](CO)N(C)C3)oc2c1OC. The van der Waals surface area contributed by atoms with E-state index in [9.17, 15) is 9.90 Å². The number of likely N-dealkylation sites (tertiary alicyclic amines) is 1. The van der Waals surface area contributed by atoms with Crippen LogP contribution in [-0.4, -0.2) is 62.4 Å². The minimum Gasteiger partial charge on any atom is -0.493 e. The zero-order valence-corrected chi connectivity index (χ0v) is 15.0. The van der Waals surface area contributed by atoms with Crippen molar-refractivity contribution in [3.05, 3.63) is 23.5 Å². The van der Waals surface area contributed by atoms with Gasteiger partial charge in [-0.05, 0) is 32.5 Å². The number of hydrogen-bond acceptors (Lipinski definition) is 6. The molecular weight excluding hydrogens is 324 g/mol. The van der Waals surface area contributed by atoms with Gasteiger partial charge in [0.1, 0.15) is 0 Å². The van der Waals surface area contributed by atoms with Crippen LogP contribution in [0, 0.1) is 6.92 Å². The molecule has 2 atom stereocenters. The number of ether oxygens (including phenoxy) is 2.